The molecular formula is C24H27N3OS. The number of piperazine rings is 1. The summed E-state index contributed by atoms with van der Waals surface area (Å²) < 4.78 is 0. The molecule has 1 aliphatic rings. The summed E-state index contributed by atoms with van der Waals surface area (Å²) in [6.45, 7) is 8.47. The van der Waals surface area contributed by atoms with Crippen molar-refractivity contribution in [1.82, 2.24) is 14.8 Å². The van der Waals surface area contributed by atoms with E-state index >= 15 is 0 Å². The van der Waals surface area contributed by atoms with Crippen molar-refractivity contribution in [2.75, 3.05) is 26.2 Å². The molecule has 29 heavy (non-hydrogen) atoms. The van der Waals surface area contributed by atoms with Gasteiger partial charge in [-0.2, -0.15) is 0 Å². The summed E-state index contributed by atoms with van der Waals surface area (Å²) in [4.78, 5) is 22.0. The van der Waals surface area contributed by atoms with Crippen molar-refractivity contribution in [2.45, 2.75) is 26.3 Å². The van der Waals surface area contributed by atoms with Crippen LogP contribution < -0.4 is 0 Å². The van der Waals surface area contributed by atoms with E-state index in [9.17, 15) is 4.79 Å². The van der Waals surface area contributed by atoms with E-state index < -0.39 is 0 Å². The number of aromatic nitrogens is 1. The Bertz CT molecular complexity index is 942. The van der Waals surface area contributed by atoms with E-state index in [1.165, 1.54) is 11.1 Å². The average molecular weight is 406 g/mol. The van der Waals surface area contributed by atoms with Crippen LogP contribution in [-0.2, 0) is 6.54 Å². The number of hydrogen-bond acceptors (Lipinski definition) is 4. The van der Waals surface area contributed by atoms with Crippen LogP contribution in [0.3, 0.4) is 0 Å². The van der Waals surface area contributed by atoms with Crippen molar-refractivity contribution in [3.05, 3.63) is 76.8 Å². The number of benzene rings is 2. The summed E-state index contributed by atoms with van der Waals surface area (Å²) in [6.07, 6.45) is 0. The normalized spacial score (nSPS) is 15.1. The predicted octanol–water partition coefficient (Wildman–Crippen LogP) is 4.89. The Morgan fingerprint density at radius 2 is 1.69 bits per heavy atom. The smallest absolute Gasteiger partial charge is 0.253 e. The fourth-order valence-electron chi connectivity index (χ4n) is 3.62. The topological polar surface area (TPSA) is 36.4 Å². The minimum absolute atomic E-state index is 0.139. The van der Waals surface area contributed by atoms with E-state index in [1.54, 1.807) is 11.3 Å². The van der Waals surface area contributed by atoms with Gasteiger partial charge >= 0.3 is 0 Å². The Balaban J connectivity index is 1.31. The number of amides is 1. The summed E-state index contributed by atoms with van der Waals surface area (Å²) >= 11 is 1.69. The van der Waals surface area contributed by atoms with Gasteiger partial charge in [0.2, 0.25) is 0 Å². The number of carbonyl (C=O) groups is 1. The molecule has 1 saturated heterocycles. The molecule has 0 radical (unpaired) electrons. The molecule has 1 aliphatic heterocycles. The molecule has 0 spiro atoms. The Morgan fingerprint density at radius 1 is 1.00 bits per heavy atom. The van der Waals surface area contributed by atoms with Gasteiger partial charge in [-0.1, -0.05) is 56.3 Å². The summed E-state index contributed by atoms with van der Waals surface area (Å²) in [6, 6.07) is 18.4. The third kappa shape index (κ3) is 4.74. The first kappa shape index (κ1) is 19.8. The van der Waals surface area contributed by atoms with Crippen LogP contribution in [-0.4, -0.2) is 46.9 Å². The van der Waals surface area contributed by atoms with Gasteiger partial charge < -0.3 is 4.90 Å². The van der Waals surface area contributed by atoms with Gasteiger partial charge in [0.05, 0.1) is 5.69 Å². The molecule has 5 heteroatoms. The summed E-state index contributed by atoms with van der Waals surface area (Å²) in [5.41, 5.74) is 4.33. The van der Waals surface area contributed by atoms with E-state index in [0.29, 0.717) is 5.92 Å². The molecule has 1 amide bonds. The highest BCUT2D eigenvalue weighted by Crippen LogP contribution is 2.24. The van der Waals surface area contributed by atoms with Crippen molar-refractivity contribution in [1.29, 1.82) is 0 Å². The first-order valence-electron chi connectivity index (χ1n) is 10.2. The number of carbonyl (C=O) groups excluding carboxylic acids is 1. The van der Waals surface area contributed by atoms with Gasteiger partial charge in [0.25, 0.3) is 5.91 Å². The second-order valence-corrected chi connectivity index (χ2v) is 8.71. The molecule has 0 N–H and O–H groups in total. The van der Waals surface area contributed by atoms with Gasteiger partial charge in [-0.05, 0) is 23.6 Å². The van der Waals surface area contributed by atoms with Crippen molar-refractivity contribution >= 4 is 17.2 Å². The minimum atomic E-state index is 0.139. The molecule has 1 aromatic heterocycles. The maximum atomic E-state index is 12.8. The Morgan fingerprint density at radius 3 is 2.34 bits per heavy atom. The molecule has 4 rings (SSSR count). The van der Waals surface area contributed by atoms with Crippen LogP contribution in [0.15, 0.2) is 60.0 Å². The van der Waals surface area contributed by atoms with E-state index in [1.807, 2.05) is 35.2 Å². The second kappa shape index (κ2) is 8.89. The lowest BCUT2D eigenvalue weighted by atomic mass is 10.0. The first-order valence-corrected chi connectivity index (χ1v) is 11.1. The second-order valence-electron chi connectivity index (χ2n) is 7.86. The molecule has 0 aliphatic carbocycles. The zero-order valence-corrected chi connectivity index (χ0v) is 17.9. The fourth-order valence-corrected chi connectivity index (χ4v) is 4.44. The van der Waals surface area contributed by atoms with Gasteiger partial charge in [0.15, 0.2) is 0 Å². The monoisotopic (exact) mass is 405 g/mol. The molecule has 2 aromatic carbocycles. The highest BCUT2D eigenvalue weighted by atomic mass is 32.1. The van der Waals surface area contributed by atoms with Crippen LogP contribution in [0.4, 0.5) is 0 Å². The lowest BCUT2D eigenvalue weighted by molar-refractivity contribution is 0.0627. The first-order chi connectivity index (χ1) is 14.1. The number of nitrogens with zero attached hydrogens (tertiary/aromatic N) is 3. The summed E-state index contributed by atoms with van der Waals surface area (Å²) in [5.74, 6) is 0.621. The Kier molecular flexibility index (Phi) is 6.07. The molecule has 0 bridgehead atoms. The van der Waals surface area contributed by atoms with Gasteiger partial charge in [-0.25, -0.2) is 4.98 Å². The van der Waals surface area contributed by atoms with E-state index in [-0.39, 0.29) is 5.91 Å². The van der Waals surface area contributed by atoms with Crippen molar-refractivity contribution in [3.8, 4) is 10.6 Å². The van der Waals surface area contributed by atoms with Gasteiger partial charge in [0.1, 0.15) is 5.01 Å². The van der Waals surface area contributed by atoms with Crippen LogP contribution in [0.1, 0.15) is 41.4 Å². The standard InChI is InChI=1S/C24H27N3OS/c1-18(2)19-8-10-21(11-9-19)24(28)27-14-12-26(13-15-27)16-22-17-29-23(25-22)20-6-4-3-5-7-20/h3-11,17-18H,12-16H2,1-2H3. The van der Waals surface area contributed by atoms with E-state index in [4.69, 9.17) is 4.98 Å². The van der Waals surface area contributed by atoms with Crippen LogP contribution in [0.2, 0.25) is 0 Å². The number of thiazole rings is 1. The molecule has 150 valence electrons. The van der Waals surface area contributed by atoms with Gasteiger partial charge in [0, 0.05) is 49.2 Å². The van der Waals surface area contributed by atoms with Crippen molar-refractivity contribution in [3.63, 3.8) is 0 Å². The van der Waals surface area contributed by atoms with Gasteiger partial charge in [-0.3, -0.25) is 9.69 Å². The van der Waals surface area contributed by atoms with E-state index in [0.717, 1.165) is 49.0 Å². The number of hydrogen-bond donors (Lipinski definition) is 0. The Labute approximate surface area is 176 Å². The number of rotatable bonds is 5. The van der Waals surface area contributed by atoms with Crippen LogP contribution >= 0.6 is 11.3 Å². The maximum absolute atomic E-state index is 12.8. The van der Waals surface area contributed by atoms with Crippen molar-refractivity contribution in [2.24, 2.45) is 0 Å². The third-order valence-electron chi connectivity index (χ3n) is 5.44. The minimum Gasteiger partial charge on any atom is -0.336 e. The molecular weight excluding hydrogens is 378 g/mol. The highest BCUT2D eigenvalue weighted by molar-refractivity contribution is 7.13. The summed E-state index contributed by atoms with van der Waals surface area (Å²) in [5, 5.41) is 3.22. The molecule has 2 heterocycles. The zero-order chi connectivity index (χ0) is 20.2. The van der Waals surface area contributed by atoms with Crippen LogP contribution in [0.25, 0.3) is 10.6 Å². The molecule has 0 saturated carbocycles. The lowest BCUT2D eigenvalue weighted by Gasteiger charge is -2.34. The van der Waals surface area contributed by atoms with E-state index in [2.05, 4.69) is 48.4 Å². The average Bonchev–Trinajstić information content (AvgIpc) is 3.23. The van der Waals surface area contributed by atoms with Gasteiger partial charge in [-0.15, -0.1) is 11.3 Å². The summed E-state index contributed by atoms with van der Waals surface area (Å²) in [7, 11) is 0. The zero-order valence-electron chi connectivity index (χ0n) is 17.0. The SMILES string of the molecule is CC(C)c1ccc(C(=O)N2CCN(Cc3csc(-c4ccccc4)n3)CC2)cc1. The highest BCUT2D eigenvalue weighted by Gasteiger charge is 2.22. The Hall–Kier alpha value is -2.50. The molecule has 4 nitrogen and oxygen atoms in total. The lowest BCUT2D eigenvalue weighted by Crippen LogP contribution is -2.48. The third-order valence-corrected chi connectivity index (χ3v) is 6.38. The molecule has 1 fully saturated rings. The molecule has 0 unspecified atom stereocenters. The molecule has 3 aromatic rings. The maximum Gasteiger partial charge on any atom is 0.253 e. The quantitative estimate of drug-likeness (QED) is 0.606. The predicted molar refractivity (Wildman–Crippen MR) is 119 cm³/mol. The van der Waals surface area contributed by atoms with Crippen LogP contribution in [0.5, 0.6) is 0 Å². The molecule has 0 atom stereocenters. The van der Waals surface area contributed by atoms with Crippen LogP contribution in [0, 0.1) is 0 Å². The van der Waals surface area contributed by atoms with Crippen molar-refractivity contribution < 1.29 is 4.79 Å². The largest absolute Gasteiger partial charge is 0.336 e. The fraction of sp³-hybridized carbons (Fsp3) is 0.333.